The van der Waals surface area contributed by atoms with E-state index in [2.05, 4.69) is 65.4 Å². The summed E-state index contributed by atoms with van der Waals surface area (Å²) in [7, 11) is 6.03. The zero-order chi connectivity index (χ0) is 18.1. The molecule has 0 heterocycles. The van der Waals surface area contributed by atoms with Crippen LogP contribution in [0.1, 0.15) is 30.9 Å². The molecular formula is C20H34N4O. The largest absolute Gasteiger partial charge is 0.379 e. The van der Waals surface area contributed by atoms with Crippen LogP contribution in [0.2, 0.25) is 0 Å². The van der Waals surface area contributed by atoms with Crippen molar-refractivity contribution >= 4 is 5.96 Å². The van der Waals surface area contributed by atoms with Crippen molar-refractivity contribution in [3.8, 4) is 0 Å². The number of ether oxygens (including phenoxy) is 1. The first-order valence-electron chi connectivity index (χ1n) is 9.38. The van der Waals surface area contributed by atoms with Gasteiger partial charge < -0.3 is 19.9 Å². The Balaban J connectivity index is 1.75. The third-order valence-corrected chi connectivity index (χ3v) is 4.63. The lowest BCUT2D eigenvalue weighted by Crippen LogP contribution is -2.40. The van der Waals surface area contributed by atoms with Crippen molar-refractivity contribution in [2.24, 2.45) is 10.9 Å². The summed E-state index contributed by atoms with van der Waals surface area (Å²) in [6.45, 7) is 7.53. The van der Waals surface area contributed by atoms with Crippen LogP contribution in [-0.4, -0.2) is 63.2 Å². The minimum atomic E-state index is 0.756. The standard InChI is InChI=1S/C20H34N4O/c1-5-23(3)15-19-8-6-7-18(13-19)14-22-20(21-2)24(4)11-12-25-16-17-9-10-17/h6-8,13,17H,5,9-12,14-16H2,1-4H3,(H,21,22). The number of nitrogens with zero attached hydrogens (tertiary/aromatic N) is 3. The summed E-state index contributed by atoms with van der Waals surface area (Å²) in [5.41, 5.74) is 2.63. The Bertz CT molecular complexity index is 542. The van der Waals surface area contributed by atoms with Gasteiger partial charge in [-0.2, -0.15) is 0 Å². The van der Waals surface area contributed by atoms with Gasteiger partial charge in [0.1, 0.15) is 0 Å². The molecule has 140 valence electrons. The Morgan fingerprint density at radius 2 is 2.04 bits per heavy atom. The molecule has 0 bridgehead atoms. The van der Waals surface area contributed by atoms with Crippen LogP contribution in [0.25, 0.3) is 0 Å². The molecular weight excluding hydrogens is 312 g/mol. The first-order valence-corrected chi connectivity index (χ1v) is 9.38. The second-order valence-electron chi connectivity index (χ2n) is 6.99. The number of hydrogen-bond donors (Lipinski definition) is 1. The summed E-state index contributed by atoms with van der Waals surface area (Å²) in [6, 6.07) is 8.75. The molecule has 2 rings (SSSR count). The van der Waals surface area contributed by atoms with Crippen LogP contribution >= 0.6 is 0 Å². The van der Waals surface area contributed by atoms with Crippen molar-refractivity contribution in [1.29, 1.82) is 0 Å². The van der Waals surface area contributed by atoms with E-state index in [1.54, 1.807) is 0 Å². The topological polar surface area (TPSA) is 40.1 Å². The minimum absolute atomic E-state index is 0.756. The zero-order valence-electron chi connectivity index (χ0n) is 16.3. The summed E-state index contributed by atoms with van der Waals surface area (Å²) in [5, 5.41) is 3.45. The predicted octanol–water partition coefficient (Wildman–Crippen LogP) is 2.57. The molecule has 0 saturated heterocycles. The second kappa shape index (κ2) is 10.4. The molecule has 5 nitrogen and oxygen atoms in total. The summed E-state index contributed by atoms with van der Waals surface area (Å²) >= 11 is 0. The minimum Gasteiger partial charge on any atom is -0.379 e. The first kappa shape index (κ1) is 19.7. The normalized spacial score (nSPS) is 14.8. The maximum Gasteiger partial charge on any atom is 0.193 e. The van der Waals surface area contributed by atoms with Crippen LogP contribution in [0.4, 0.5) is 0 Å². The van der Waals surface area contributed by atoms with Crippen LogP contribution in [0.3, 0.4) is 0 Å². The maximum absolute atomic E-state index is 5.72. The molecule has 1 saturated carbocycles. The number of guanidine groups is 1. The van der Waals surface area contributed by atoms with Crippen molar-refractivity contribution in [3.63, 3.8) is 0 Å². The molecule has 1 aromatic carbocycles. The molecule has 0 unspecified atom stereocenters. The van der Waals surface area contributed by atoms with E-state index in [0.717, 1.165) is 51.3 Å². The molecule has 25 heavy (non-hydrogen) atoms. The number of benzene rings is 1. The number of rotatable bonds is 10. The zero-order valence-corrected chi connectivity index (χ0v) is 16.3. The highest BCUT2D eigenvalue weighted by atomic mass is 16.5. The lowest BCUT2D eigenvalue weighted by Gasteiger charge is -2.22. The van der Waals surface area contributed by atoms with Gasteiger partial charge in [0.05, 0.1) is 6.61 Å². The Hall–Kier alpha value is -1.59. The van der Waals surface area contributed by atoms with Crippen LogP contribution in [0.5, 0.6) is 0 Å². The highest BCUT2D eigenvalue weighted by molar-refractivity contribution is 5.79. The summed E-state index contributed by atoms with van der Waals surface area (Å²) in [5.74, 6) is 1.73. The van der Waals surface area contributed by atoms with Gasteiger partial charge >= 0.3 is 0 Å². The van der Waals surface area contributed by atoms with Gasteiger partial charge in [-0.05, 0) is 43.5 Å². The molecule has 0 aliphatic heterocycles. The van der Waals surface area contributed by atoms with E-state index < -0.39 is 0 Å². The SMILES string of the molecule is CCN(C)Cc1cccc(CNC(=NC)N(C)CCOCC2CC2)c1. The average molecular weight is 347 g/mol. The van der Waals surface area contributed by atoms with Gasteiger partial charge in [-0.1, -0.05) is 31.2 Å². The molecule has 0 spiro atoms. The van der Waals surface area contributed by atoms with Crippen molar-refractivity contribution in [3.05, 3.63) is 35.4 Å². The average Bonchev–Trinajstić information content (AvgIpc) is 3.44. The number of nitrogens with one attached hydrogen (secondary N) is 1. The fraction of sp³-hybridized carbons (Fsp3) is 0.650. The molecule has 0 atom stereocenters. The van der Waals surface area contributed by atoms with E-state index in [0.29, 0.717) is 0 Å². The van der Waals surface area contributed by atoms with Gasteiger partial charge in [0.2, 0.25) is 0 Å². The van der Waals surface area contributed by atoms with Gasteiger partial charge in [0.25, 0.3) is 0 Å². The summed E-state index contributed by atoms with van der Waals surface area (Å²) < 4.78 is 5.72. The molecule has 0 radical (unpaired) electrons. The van der Waals surface area contributed by atoms with Gasteiger partial charge in [-0.25, -0.2) is 0 Å². The van der Waals surface area contributed by atoms with E-state index in [-0.39, 0.29) is 0 Å². The van der Waals surface area contributed by atoms with E-state index in [9.17, 15) is 0 Å². The van der Waals surface area contributed by atoms with E-state index in [1.165, 1.54) is 24.0 Å². The van der Waals surface area contributed by atoms with Gasteiger partial charge in [-0.15, -0.1) is 0 Å². The number of hydrogen-bond acceptors (Lipinski definition) is 3. The van der Waals surface area contributed by atoms with Crippen LogP contribution < -0.4 is 5.32 Å². The lowest BCUT2D eigenvalue weighted by atomic mass is 10.1. The van der Waals surface area contributed by atoms with Crippen molar-refractivity contribution in [2.45, 2.75) is 32.9 Å². The highest BCUT2D eigenvalue weighted by Gasteiger charge is 2.21. The fourth-order valence-electron chi connectivity index (χ4n) is 2.67. The predicted molar refractivity (Wildman–Crippen MR) is 105 cm³/mol. The van der Waals surface area contributed by atoms with E-state index >= 15 is 0 Å². The maximum atomic E-state index is 5.72. The number of aliphatic imine (C=N–C) groups is 1. The van der Waals surface area contributed by atoms with Crippen molar-refractivity contribution in [1.82, 2.24) is 15.1 Å². The fourth-order valence-corrected chi connectivity index (χ4v) is 2.67. The highest BCUT2D eigenvalue weighted by Crippen LogP contribution is 2.28. The van der Waals surface area contributed by atoms with Crippen LogP contribution in [-0.2, 0) is 17.8 Å². The van der Waals surface area contributed by atoms with Crippen LogP contribution in [0.15, 0.2) is 29.3 Å². The number of likely N-dealkylation sites (N-methyl/N-ethyl adjacent to an activating group) is 1. The Kier molecular flexibility index (Phi) is 8.22. The summed E-state index contributed by atoms with van der Waals surface area (Å²) in [4.78, 5) is 8.81. The summed E-state index contributed by atoms with van der Waals surface area (Å²) in [6.07, 6.45) is 2.68. The van der Waals surface area contributed by atoms with Gasteiger partial charge in [0, 0.05) is 40.3 Å². The molecule has 0 aromatic heterocycles. The van der Waals surface area contributed by atoms with Gasteiger partial charge in [-0.3, -0.25) is 4.99 Å². The van der Waals surface area contributed by atoms with E-state index in [4.69, 9.17) is 4.74 Å². The third kappa shape index (κ3) is 7.45. The monoisotopic (exact) mass is 346 g/mol. The third-order valence-electron chi connectivity index (χ3n) is 4.63. The van der Waals surface area contributed by atoms with E-state index in [1.807, 2.05) is 7.05 Å². The first-order chi connectivity index (χ1) is 12.1. The molecule has 1 aliphatic carbocycles. The van der Waals surface area contributed by atoms with Crippen molar-refractivity contribution in [2.75, 3.05) is 47.4 Å². The quantitative estimate of drug-likeness (QED) is 0.402. The second-order valence-corrected chi connectivity index (χ2v) is 6.99. The molecule has 1 fully saturated rings. The Labute approximate surface area is 153 Å². The smallest absolute Gasteiger partial charge is 0.193 e. The van der Waals surface area contributed by atoms with Crippen molar-refractivity contribution < 1.29 is 4.74 Å². The molecule has 0 amide bonds. The Morgan fingerprint density at radius 3 is 2.72 bits per heavy atom. The lowest BCUT2D eigenvalue weighted by molar-refractivity contribution is 0.115. The molecule has 1 N–H and O–H groups in total. The Morgan fingerprint density at radius 1 is 1.28 bits per heavy atom. The van der Waals surface area contributed by atoms with Gasteiger partial charge in [0.15, 0.2) is 5.96 Å². The molecule has 5 heteroatoms. The molecule has 1 aliphatic rings. The van der Waals surface area contributed by atoms with Crippen LogP contribution in [0, 0.1) is 5.92 Å². The molecule has 1 aromatic rings.